The fourth-order valence-electron chi connectivity index (χ4n) is 2.34. The van der Waals surface area contributed by atoms with Crippen molar-refractivity contribution in [2.45, 2.75) is 51.6 Å². The summed E-state index contributed by atoms with van der Waals surface area (Å²) in [7, 11) is 0. The van der Waals surface area contributed by atoms with E-state index in [9.17, 15) is 4.79 Å². The molecule has 1 N–H and O–H groups in total. The molecule has 1 saturated heterocycles. The summed E-state index contributed by atoms with van der Waals surface area (Å²) in [6.45, 7) is 6.59. The minimum atomic E-state index is 0.160. The van der Waals surface area contributed by atoms with E-state index in [0.29, 0.717) is 12.0 Å². The molecule has 0 aromatic heterocycles. The molecule has 1 saturated carbocycles. The molecule has 1 aliphatic carbocycles. The topological polar surface area (TPSA) is 32.3 Å². The van der Waals surface area contributed by atoms with Crippen molar-refractivity contribution in [1.82, 2.24) is 10.2 Å². The van der Waals surface area contributed by atoms with Crippen molar-refractivity contribution in [3.8, 4) is 0 Å². The molecular weight excluding hydrogens is 188 g/mol. The zero-order valence-electron chi connectivity index (χ0n) is 9.83. The van der Waals surface area contributed by atoms with Crippen LogP contribution >= 0.6 is 0 Å². The summed E-state index contributed by atoms with van der Waals surface area (Å²) < 4.78 is 0. The highest BCUT2D eigenvalue weighted by Crippen LogP contribution is 2.22. The van der Waals surface area contributed by atoms with E-state index >= 15 is 0 Å². The van der Waals surface area contributed by atoms with Crippen LogP contribution in [0.15, 0.2) is 0 Å². The SMILES string of the molecule is CC(C)CN1CCC[C@H]1C(=O)NC1CC1. The lowest BCUT2D eigenvalue weighted by atomic mass is 10.1. The first-order chi connectivity index (χ1) is 7.16. The highest BCUT2D eigenvalue weighted by atomic mass is 16.2. The molecule has 0 bridgehead atoms. The Labute approximate surface area is 92.2 Å². The van der Waals surface area contributed by atoms with Gasteiger partial charge < -0.3 is 5.32 Å². The van der Waals surface area contributed by atoms with E-state index in [-0.39, 0.29) is 11.9 Å². The highest BCUT2D eigenvalue weighted by Gasteiger charge is 2.33. The minimum absolute atomic E-state index is 0.160. The smallest absolute Gasteiger partial charge is 0.237 e. The van der Waals surface area contributed by atoms with E-state index in [1.54, 1.807) is 0 Å². The molecule has 2 fully saturated rings. The molecular formula is C12H22N2O. The van der Waals surface area contributed by atoms with Crippen molar-refractivity contribution in [2.24, 2.45) is 5.92 Å². The number of carbonyl (C=O) groups is 1. The molecule has 3 heteroatoms. The number of carbonyl (C=O) groups excluding carboxylic acids is 1. The van der Waals surface area contributed by atoms with Crippen LogP contribution < -0.4 is 5.32 Å². The molecule has 1 amide bonds. The number of amides is 1. The van der Waals surface area contributed by atoms with E-state index in [0.717, 1.165) is 19.5 Å². The molecule has 0 unspecified atom stereocenters. The van der Waals surface area contributed by atoms with Crippen LogP contribution in [0.4, 0.5) is 0 Å². The van der Waals surface area contributed by atoms with Crippen LogP contribution in [0.5, 0.6) is 0 Å². The van der Waals surface area contributed by atoms with E-state index in [1.807, 2.05) is 0 Å². The summed E-state index contributed by atoms with van der Waals surface area (Å²) in [4.78, 5) is 14.3. The summed E-state index contributed by atoms with van der Waals surface area (Å²) in [5.41, 5.74) is 0. The number of nitrogens with zero attached hydrogens (tertiary/aromatic N) is 1. The van der Waals surface area contributed by atoms with Gasteiger partial charge in [-0.15, -0.1) is 0 Å². The van der Waals surface area contributed by atoms with Gasteiger partial charge in [-0.2, -0.15) is 0 Å². The van der Waals surface area contributed by atoms with Gasteiger partial charge in [0.05, 0.1) is 6.04 Å². The van der Waals surface area contributed by atoms with E-state index < -0.39 is 0 Å². The number of rotatable bonds is 4. The fourth-order valence-corrected chi connectivity index (χ4v) is 2.34. The van der Waals surface area contributed by atoms with Gasteiger partial charge in [0, 0.05) is 12.6 Å². The van der Waals surface area contributed by atoms with Crippen LogP contribution in [-0.2, 0) is 4.79 Å². The minimum Gasteiger partial charge on any atom is -0.352 e. The van der Waals surface area contributed by atoms with Crippen LogP contribution in [0.1, 0.15) is 39.5 Å². The average Bonchev–Trinajstić information content (AvgIpc) is 2.83. The Kier molecular flexibility index (Phi) is 3.29. The van der Waals surface area contributed by atoms with Crippen LogP contribution in [0, 0.1) is 5.92 Å². The summed E-state index contributed by atoms with van der Waals surface area (Å²) in [6, 6.07) is 0.659. The van der Waals surface area contributed by atoms with Crippen LogP contribution in [0.3, 0.4) is 0 Å². The van der Waals surface area contributed by atoms with Gasteiger partial charge >= 0.3 is 0 Å². The van der Waals surface area contributed by atoms with Crippen LogP contribution in [0.25, 0.3) is 0 Å². The molecule has 0 aromatic rings. The van der Waals surface area contributed by atoms with Gasteiger partial charge in [0.15, 0.2) is 0 Å². The molecule has 1 aliphatic heterocycles. The molecule has 15 heavy (non-hydrogen) atoms. The zero-order chi connectivity index (χ0) is 10.8. The molecule has 3 nitrogen and oxygen atoms in total. The molecule has 0 radical (unpaired) electrons. The van der Waals surface area contributed by atoms with Crippen molar-refractivity contribution in [3.63, 3.8) is 0 Å². The van der Waals surface area contributed by atoms with Gasteiger partial charge in [-0.3, -0.25) is 9.69 Å². The first kappa shape index (κ1) is 10.9. The third kappa shape index (κ3) is 2.94. The maximum atomic E-state index is 11.9. The predicted octanol–water partition coefficient (Wildman–Crippen LogP) is 1.39. The molecule has 1 heterocycles. The summed E-state index contributed by atoms with van der Waals surface area (Å²) >= 11 is 0. The molecule has 1 atom stereocenters. The first-order valence-electron chi connectivity index (χ1n) is 6.21. The molecule has 0 spiro atoms. The Morgan fingerprint density at radius 2 is 2.13 bits per heavy atom. The van der Waals surface area contributed by atoms with Gasteiger partial charge in [0.25, 0.3) is 0 Å². The number of nitrogens with one attached hydrogen (secondary N) is 1. The molecule has 86 valence electrons. The summed E-state index contributed by atoms with van der Waals surface area (Å²) in [6.07, 6.45) is 4.59. The molecule has 0 aromatic carbocycles. The number of hydrogen-bond acceptors (Lipinski definition) is 2. The Balaban J connectivity index is 1.85. The van der Waals surface area contributed by atoms with Crippen molar-refractivity contribution >= 4 is 5.91 Å². The van der Waals surface area contributed by atoms with Gasteiger partial charge in [0.1, 0.15) is 0 Å². The van der Waals surface area contributed by atoms with Gasteiger partial charge in [-0.05, 0) is 38.1 Å². The summed E-state index contributed by atoms with van der Waals surface area (Å²) in [5.74, 6) is 0.926. The maximum Gasteiger partial charge on any atom is 0.237 e. The Bertz CT molecular complexity index is 236. The van der Waals surface area contributed by atoms with E-state index in [1.165, 1.54) is 19.3 Å². The van der Waals surface area contributed by atoms with Crippen molar-refractivity contribution in [2.75, 3.05) is 13.1 Å². The lowest BCUT2D eigenvalue weighted by Crippen LogP contribution is -2.45. The number of likely N-dealkylation sites (tertiary alicyclic amines) is 1. The third-order valence-electron chi connectivity index (χ3n) is 3.19. The summed E-state index contributed by atoms with van der Waals surface area (Å²) in [5, 5.41) is 3.12. The van der Waals surface area contributed by atoms with Crippen molar-refractivity contribution in [1.29, 1.82) is 0 Å². The first-order valence-corrected chi connectivity index (χ1v) is 6.21. The average molecular weight is 210 g/mol. The lowest BCUT2D eigenvalue weighted by molar-refractivity contribution is -0.125. The second kappa shape index (κ2) is 4.52. The third-order valence-corrected chi connectivity index (χ3v) is 3.19. The normalized spacial score (nSPS) is 27.3. The lowest BCUT2D eigenvalue weighted by Gasteiger charge is -2.25. The van der Waals surface area contributed by atoms with E-state index in [4.69, 9.17) is 0 Å². The zero-order valence-corrected chi connectivity index (χ0v) is 9.83. The quantitative estimate of drug-likeness (QED) is 0.760. The Hall–Kier alpha value is -0.570. The predicted molar refractivity (Wildman–Crippen MR) is 60.6 cm³/mol. The second-order valence-corrected chi connectivity index (χ2v) is 5.33. The van der Waals surface area contributed by atoms with Gasteiger partial charge in [-0.25, -0.2) is 0 Å². The van der Waals surface area contributed by atoms with Crippen molar-refractivity contribution in [3.05, 3.63) is 0 Å². The molecule has 2 rings (SSSR count). The van der Waals surface area contributed by atoms with Crippen molar-refractivity contribution < 1.29 is 4.79 Å². The fraction of sp³-hybridized carbons (Fsp3) is 0.917. The van der Waals surface area contributed by atoms with Gasteiger partial charge in [0.2, 0.25) is 5.91 Å². The standard InChI is InChI=1S/C12H22N2O/c1-9(2)8-14-7-3-4-11(14)12(15)13-10-5-6-10/h9-11H,3-8H2,1-2H3,(H,13,15)/t11-/m0/s1. The van der Waals surface area contributed by atoms with E-state index in [2.05, 4.69) is 24.1 Å². The van der Waals surface area contributed by atoms with Crippen LogP contribution in [0.2, 0.25) is 0 Å². The van der Waals surface area contributed by atoms with Gasteiger partial charge in [-0.1, -0.05) is 13.8 Å². The maximum absolute atomic E-state index is 11.9. The van der Waals surface area contributed by atoms with Crippen LogP contribution in [-0.4, -0.2) is 36.0 Å². The monoisotopic (exact) mass is 210 g/mol. The highest BCUT2D eigenvalue weighted by molar-refractivity contribution is 5.82. The Morgan fingerprint density at radius 1 is 1.40 bits per heavy atom. The Morgan fingerprint density at radius 3 is 2.73 bits per heavy atom. The number of hydrogen-bond donors (Lipinski definition) is 1. The largest absolute Gasteiger partial charge is 0.352 e. The second-order valence-electron chi connectivity index (χ2n) is 5.33. The molecule has 2 aliphatic rings.